The summed E-state index contributed by atoms with van der Waals surface area (Å²) in [6.07, 6.45) is 2.71. The first-order valence-electron chi connectivity index (χ1n) is 5.23. The van der Waals surface area contributed by atoms with Gasteiger partial charge in [-0.2, -0.15) is 0 Å². The lowest BCUT2D eigenvalue weighted by Gasteiger charge is -2.04. The molecule has 0 spiro atoms. The lowest BCUT2D eigenvalue weighted by atomic mass is 10.4. The predicted molar refractivity (Wildman–Crippen MR) is 62.7 cm³/mol. The molecule has 0 aliphatic heterocycles. The number of imidazole rings is 1. The first-order valence-corrected chi connectivity index (χ1v) is 6.03. The Morgan fingerprint density at radius 2 is 2.20 bits per heavy atom. The minimum Gasteiger partial charge on any atom is -0.313 e. The van der Waals surface area contributed by atoms with Gasteiger partial charge in [0.15, 0.2) is 5.65 Å². The Morgan fingerprint density at radius 1 is 1.40 bits per heavy atom. The maximum atomic E-state index is 4.51. The molecule has 0 unspecified atom stereocenters. The van der Waals surface area contributed by atoms with Crippen LogP contribution in [0.4, 0.5) is 0 Å². The number of aromatic nitrogens is 3. The van der Waals surface area contributed by atoms with E-state index in [1.165, 1.54) is 12.8 Å². The highest BCUT2D eigenvalue weighted by atomic mass is 79.9. The van der Waals surface area contributed by atoms with E-state index in [-0.39, 0.29) is 0 Å². The third kappa shape index (κ3) is 1.67. The van der Waals surface area contributed by atoms with Gasteiger partial charge in [-0.25, -0.2) is 9.97 Å². The Hall–Kier alpha value is -0.900. The maximum absolute atomic E-state index is 4.51. The van der Waals surface area contributed by atoms with Crippen molar-refractivity contribution < 1.29 is 0 Å². The molecule has 1 aliphatic carbocycles. The van der Waals surface area contributed by atoms with Crippen molar-refractivity contribution in [1.29, 1.82) is 0 Å². The molecule has 0 radical (unpaired) electrons. The molecule has 2 aromatic rings. The summed E-state index contributed by atoms with van der Waals surface area (Å²) in [6.45, 7) is 3.13. The van der Waals surface area contributed by atoms with Gasteiger partial charge in [-0.05, 0) is 53.7 Å². The molecule has 0 N–H and O–H groups in total. The van der Waals surface area contributed by atoms with E-state index < -0.39 is 0 Å². The van der Waals surface area contributed by atoms with Crippen LogP contribution in [0.1, 0.15) is 18.7 Å². The highest BCUT2D eigenvalue weighted by Crippen LogP contribution is 2.32. The van der Waals surface area contributed by atoms with E-state index in [2.05, 4.69) is 37.4 Å². The first-order chi connectivity index (χ1) is 7.24. The topological polar surface area (TPSA) is 30.7 Å². The van der Waals surface area contributed by atoms with Crippen LogP contribution in [0.2, 0.25) is 0 Å². The number of hydrogen-bond acceptors (Lipinski definition) is 2. The molecule has 1 fully saturated rings. The highest BCUT2D eigenvalue weighted by Gasteiger charge is 2.23. The smallest absolute Gasteiger partial charge is 0.161 e. The van der Waals surface area contributed by atoms with E-state index in [0.717, 1.165) is 34.1 Å². The number of fused-ring (bicyclic) bond motifs is 1. The summed E-state index contributed by atoms with van der Waals surface area (Å²) in [5, 5.41) is 0. The average Bonchev–Trinajstić information content (AvgIpc) is 2.96. The van der Waals surface area contributed by atoms with Crippen LogP contribution in [-0.2, 0) is 6.54 Å². The van der Waals surface area contributed by atoms with Crippen LogP contribution in [0.3, 0.4) is 0 Å². The van der Waals surface area contributed by atoms with Crippen LogP contribution >= 0.6 is 15.9 Å². The standard InChI is InChI=1S/C11H12BrN3/c1-7-13-9-4-5-10(12)14-11(9)15(7)6-8-2-3-8/h4-5,8H,2-3,6H2,1H3. The fraction of sp³-hybridized carbons (Fsp3) is 0.455. The molecule has 0 amide bonds. The van der Waals surface area contributed by atoms with E-state index in [0.29, 0.717) is 0 Å². The molecule has 3 rings (SSSR count). The lowest BCUT2D eigenvalue weighted by Crippen LogP contribution is -2.02. The van der Waals surface area contributed by atoms with Gasteiger partial charge in [-0.1, -0.05) is 0 Å². The van der Waals surface area contributed by atoms with Crippen molar-refractivity contribution in [3.8, 4) is 0 Å². The molecule has 1 saturated carbocycles. The number of hydrogen-bond donors (Lipinski definition) is 0. The molecular weight excluding hydrogens is 254 g/mol. The molecule has 78 valence electrons. The van der Waals surface area contributed by atoms with Gasteiger partial charge < -0.3 is 4.57 Å². The van der Waals surface area contributed by atoms with E-state index in [1.807, 2.05) is 12.1 Å². The summed E-state index contributed by atoms with van der Waals surface area (Å²) in [4.78, 5) is 9.01. The summed E-state index contributed by atoms with van der Waals surface area (Å²) in [7, 11) is 0. The Kier molecular flexibility index (Phi) is 2.06. The molecule has 15 heavy (non-hydrogen) atoms. The quantitative estimate of drug-likeness (QED) is 0.782. The second kappa shape index (κ2) is 3.30. The molecule has 4 heteroatoms. The predicted octanol–water partition coefficient (Wildman–Crippen LogP) is 2.91. The van der Waals surface area contributed by atoms with E-state index >= 15 is 0 Å². The van der Waals surface area contributed by atoms with E-state index in [4.69, 9.17) is 0 Å². The van der Waals surface area contributed by atoms with Crippen LogP contribution in [0.25, 0.3) is 11.2 Å². The summed E-state index contributed by atoms with van der Waals surface area (Å²) in [5.74, 6) is 1.92. The van der Waals surface area contributed by atoms with E-state index in [1.54, 1.807) is 0 Å². The monoisotopic (exact) mass is 265 g/mol. The van der Waals surface area contributed by atoms with Crippen LogP contribution in [0.15, 0.2) is 16.7 Å². The molecular formula is C11H12BrN3. The Balaban J connectivity index is 2.15. The summed E-state index contributed by atoms with van der Waals surface area (Å²) >= 11 is 3.41. The van der Waals surface area contributed by atoms with Gasteiger partial charge in [0.05, 0.1) is 0 Å². The van der Waals surface area contributed by atoms with Crippen molar-refractivity contribution in [3.63, 3.8) is 0 Å². The third-order valence-electron chi connectivity index (χ3n) is 2.89. The first kappa shape index (κ1) is 9.33. The zero-order valence-electron chi connectivity index (χ0n) is 8.57. The molecule has 1 aliphatic rings. The minimum atomic E-state index is 0.849. The third-order valence-corrected chi connectivity index (χ3v) is 3.33. The lowest BCUT2D eigenvalue weighted by molar-refractivity contribution is 0.621. The summed E-state index contributed by atoms with van der Waals surface area (Å²) < 4.78 is 3.12. The Morgan fingerprint density at radius 3 is 2.93 bits per heavy atom. The van der Waals surface area contributed by atoms with Crippen LogP contribution in [-0.4, -0.2) is 14.5 Å². The van der Waals surface area contributed by atoms with Gasteiger partial charge in [-0.15, -0.1) is 0 Å². The van der Waals surface area contributed by atoms with Crippen molar-refractivity contribution in [2.24, 2.45) is 5.92 Å². The van der Waals surface area contributed by atoms with Gasteiger partial charge in [0.1, 0.15) is 15.9 Å². The maximum Gasteiger partial charge on any atom is 0.161 e. The van der Waals surface area contributed by atoms with Crippen molar-refractivity contribution in [2.45, 2.75) is 26.3 Å². The minimum absolute atomic E-state index is 0.849. The molecule has 0 saturated heterocycles. The zero-order chi connectivity index (χ0) is 10.4. The zero-order valence-corrected chi connectivity index (χ0v) is 10.2. The van der Waals surface area contributed by atoms with Crippen LogP contribution < -0.4 is 0 Å². The van der Waals surface area contributed by atoms with Crippen LogP contribution in [0, 0.1) is 12.8 Å². The van der Waals surface area contributed by atoms with Crippen molar-refractivity contribution in [1.82, 2.24) is 14.5 Å². The van der Waals surface area contributed by atoms with Crippen molar-refractivity contribution in [2.75, 3.05) is 0 Å². The summed E-state index contributed by atoms with van der Waals surface area (Å²) in [6, 6.07) is 3.96. The number of pyridine rings is 1. The van der Waals surface area contributed by atoms with Gasteiger partial charge in [0.25, 0.3) is 0 Å². The van der Waals surface area contributed by atoms with Gasteiger partial charge in [-0.3, -0.25) is 0 Å². The number of aryl methyl sites for hydroxylation is 1. The van der Waals surface area contributed by atoms with Gasteiger partial charge in [0.2, 0.25) is 0 Å². The normalized spacial score (nSPS) is 16.1. The van der Waals surface area contributed by atoms with Crippen molar-refractivity contribution >= 4 is 27.1 Å². The fourth-order valence-corrected chi connectivity index (χ4v) is 2.17. The summed E-state index contributed by atoms with van der Waals surface area (Å²) in [5.41, 5.74) is 2.00. The SMILES string of the molecule is Cc1nc2ccc(Br)nc2n1CC1CC1. The second-order valence-electron chi connectivity index (χ2n) is 4.19. The largest absolute Gasteiger partial charge is 0.313 e. The number of rotatable bonds is 2. The van der Waals surface area contributed by atoms with Gasteiger partial charge >= 0.3 is 0 Å². The molecule has 3 nitrogen and oxygen atoms in total. The second-order valence-corrected chi connectivity index (χ2v) is 5.00. The van der Waals surface area contributed by atoms with Crippen molar-refractivity contribution in [3.05, 3.63) is 22.6 Å². The fourth-order valence-electron chi connectivity index (χ4n) is 1.87. The van der Waals surface area contributed by atoms with Gasteiger partial charge in [0, 0.05) is 6.54 Å². The molecule has 0 bridgehead atoms. The highest BCUT2D eigenvalue weighted by molar-refractivity contribution is 9.10. The number of nitrogens with zero attached hydrogens (tertiary/aromatic N) is 3. The Bertz CT molecular complexity index is 514. The molecule has 0 atom stereocenters. The molecule has 2 aromatic heterocycles. The van der Waals surface area contributed by atoms with Crippen LogP contribution in [0.5, 0.6) is 0 Å². The average molecular weight is 266 g/mol. The molecule has 2 heterocycles. The van der Waals surface area contributed by atoms with E-state index in [9.17, 15) is 0 Å². The molecule has 0 aromatic carbocycles. The Labute approximate surface area is 96.7 Å². The number of halogens is 1.